The van der Waals surface area contributed by atoms with Gasteiger partial charge in [-0.1, -0.05) is 37.6 Å². The quantitative estimate of drug-likeness (QED) is 0.354. The summed E-state index contributed by atoms with van der Waals surface area (Å²) >= 11 is 6.31. The number of anilines is 5. The Morgan fingerprint density at radius 2 is 1.97 bits per heavy atom. The van der Waals surface area contributed by atoms with Crippen LogP contribution in [0.4, 0.5) is 33.2 Å². The molecule has 4 rings (SSSR count). The lowest BCUT2D eigenvalue weighted by Gasteiger charge is -2.27. The summed E-state index contributed by atoms with van der Waals surface area (Å²) in [4.78, 5) is 35.7. The Balaban J connectivity index is 1.66. The zero-order chi connectivity index (χ0) is 26.7. The van der Waals surface area contributed by atoms with Crippen LogP contribution in [0.3, 0.4) is 0 Å². The largest absolute Gasteiger partial charge is 0.352 e. The number of aromatic nitrogens is 2. The van der Waals surface area contributed by atoms with E-state index in [0.29, 0.717) is 25.2 Å². The highest BCUT2D eigenvalue weighted by atomic mass is 35.5. The van der Waals surface area contributed by atoms with Gasteiger partial charge in [0.15, 0.2) is 5.82 Å². The minimum atomic E-state index is -0.620. The Morgan fingerprint density at radius 1 is 1.19 bits per heavy atom. The second kappa shape index (κ2) is 10.7. The zero-order valence-electron chi connectivity index (χ0n) is 21.3. The van der Waals surface area contributed by atoms with E-state index in [-0.39, 0.29) is 39.4 Å². The fourth-order valence-electron chi connectivity index (χ4n) is 4.43. The predicted molar refractivity (Wildman–Crippen MR) is 145 cm³/mol. The van der Waals surface area contributed by atoms with Gasteiger partial charge >= 0.3 is 0 Å². The fraction of sp³-hybridized carbons (Fsp3) is 0.333. The van der Waals surface area contributed by atoms with Crippen molar-refractivity contribution in [3.63, 3.8) is 0 Å². The zero-order valence-corrected chi connectivity index (χ0v) is 22.0. The van der Waals surface area contributed by atoms with E-state index in [2.05, 4.69) is 39.8 Å². The third kappa shape index (κ3) is 5.51. The van der Waals surface area contributed by atoms with E-state index in [4.69, 9.17) is 11.6 Å². The van der Waals surface area contributed by atoms with Gasteiger partial charge in [0.2, 0.25) is 11.9 Å². The smallest absolute Gasteiger partial charge is 0.253 e. The number of benzene rings is 2. The SMILES string of the molecule is CCNC(=O)c1cccc(F)c1Nc1nc(Nc2ccc3c(c2)N(CC)C(=O)CCC3(C)C)ncc1Cl. The first-order chi connectivity index (χ1) is 17.6. The monoisotopic (exact) mass is 524 g/mol. The molecule has 0 radical (unpaired) electrons. The van der Waals surface area contributed by atoms with E-state index in [0.717, 1.165) is 17.7 Å². The average Bonchev–Trinajstić information content (AvgIpc) is 2.95. The third-order valence-corrected chi connectivity index (χ3v) is 6.71. The molecule has 0 saturated carbocycles. The molecule has 0 aliphatic carbocycles. The van der Waals surface area contributed by atoms with Crippen molar-refractivity contribution in [2.75, 3.05) is 28.6 Å². The average molecular weight is 525 g/mol. The van der Waals surface area contributed by atoms with Crippen molar-refractivity contribution in [2.45, 2.75) is 46.0 Å². The molecule has 0 unspecified atom stereocenters. The van der Waals surface area contributed by atoms with Gasteiger partial charge in [-0.15, -0.1) is 0 Å². The van der Waals surface area contributed by atoms with E-state index in [9.17, 15) is 14.0 Å². The van der Waals surface area contributed by atoms with Crippen LogP contribution in [0.1, 0.15) is 56.5 Å². The van der Waals surface area contributed by atoms with Crippen molar-refractivity contribution in [3.8, 4) is 0 Å². The van der Waals surface area contributed by atoms with Crippen LogP contribution in [0.5, 0.6) is 0 Å². The molecule has 2 aromatic carbocycles. The topological polar surface area (TPSA) is 99.2 Å². The summed E-state index contributed by atoms with van der Waals surface area (Å²) in [5.41, 5.74) is 2.58. The highest BCUT2D eigenvalue weighted by molar-refractivity contribution is 6.33. The Kier molecular flexibility index (Phi) is 7.63. The molecule has 3 N–H and O–H groups in total. The number of carbonyl (C=O) groups excluding carboxylic acids is 2. The molecule has 194 valence electrons. The first-order valence-electron chi connectivity index (χ1n) is 12.2. The maximum atomic E-state index is 14.7. The highest BCUT2D eigenvalue weighted by Crippen LogP contribution is 2.41. The number of nitrogens with zero attached hydrogens (tertiary/aromatic N) is 3. The van der Waals surface area contributed by atoms with Crippen molar-refractivity contribution >= 4 is 52.2 Å². The van der Waals surface area contributed by atoms with Gasteiger partial charge in [0.05, 0.1) is 17.4 Å². The number of halogens is 2. The second-order valence-corrected chi connectivity index (χ2v) is 9.82. The van der Waals surface area contributed by atoms with Crippen LogP contribution in [-0.4, -0.2) is 34.9 Å². The van der Waals surface area contributed by atoms with Gasteiger partial charge in [0, 0.05) is 30.9 Å². The lowest BCUT2D eigenvalue weighted by molar-refractivity contribution is -0.118. The number of hydrogen-bond acceptors (Lipinski definition) is 6. The van der Waals surface area contributed by atoms with Crippen molar-refractivity contribution in [1.29, 1.82) is 0 Å². The Labute approximate surface area is 220 Å². The van der Waals surface area contributed by atoms with Crippen LogP contribution >= 0.6 is 11.6 Å². The van der Waals surface area contributed by atoms with E-state index < -0.39 is 11.7 Å². The maximum absolute atomic E-state index is 14.7. The molecule has 0 atom stereocenters. The molecular formula is C27H30ClFN6O2. The first kappa shape index (κ1) is 26.3. The second-order valence-electron chi connectivity index (χ2n) is 9.42. The Morgan fingerprint density at radius 3 is 2.70 bits per heavy atom. The first-order valence-corrected chi connectivity index (χ1v) is 12.6. The number of para-hydroxylation sites is 1. The molecule has 0 spiro atoms. The van der Waals surface area contributed by atoms with Crippen molar-refractivity contribution in [3.05, 3.63) is 64.6 Å². The van der Waals surface area contributed by atoms with E-state index in [1.807, 2.05) is 25.1 Å². The summed E-state index contributed by atoms with van der Waals surface area (Å²) < 4.78 is 14.7. The predicted octanol–water partition coefficient (Wildman–Crippen LogP) is 5.93. The van der Waals surface area contributed by atoms with Crippen molar-refractivity contribution in [2.24, 2.45) is 0 Å². The lowest BCUT2D eigenvalue weighted by atomic mass is 9.80. The van der Waals surface area contributed by atoms with Crippen LogP contribution in [0, 0.1) is 5.82 Å². The molecule has 1 aromatic heterocycles. The molecule has 37 heavy (non-hydrogen) atoms. The number of carbonyl (C=O) groups is 2. The van der Waals surface area contributed by atoms with Crippen molar-refractivity contribution in [1.82, 2.24) is 15.3 Å². The summed E-state index contributed by atoms with van der Waals surface area (Å²) in [6, 6.07) is 10.1. The molecule has 3 aromatic rings. The Hall–Kier alpha value is -3.72. The van der Waals surface area contributed by atoms with Crippen LogP contribution in [0.25, 0.3) is 0 Å². The van der Waals surface area contributed by atoms with Gasteiger partial charge in [0.25, 0.3) is 5.91 Å². The lowest BCUT2D eigenvalue weighted by Crippen LogP contribution is -2.29. The van der Waals surface area contributed by atoms with Gasteiger partial charge in [-0.05, 0) is 55.5 Å². The number of hydrogen-bond donors (Lipinski definition) is 3. The number of nitrogens with one attached hydrogen (secondary N) is 3. The molecule has 8 nitrogen and oxygen atoms in total. The molecule has 0 saturated heterocycles. The maximum Gasteiger partial charge on any atom is 0.253 e. The minimum absolute atomic E-state index is 0.0376. The van der Waals surface area contributed by atoms with E-state index in [1.165, 1.54) is 24.4 Å². The standard InChI is InChI=1S/C27H30ClFN6O2/c1-5-30-25(37)17-8-7-9-20(29)23(17)33-24-19(28)15-31-26(34-24)32-16-10-11-18-21(14-16)35(6-2)22(36)12-13-27(18,3)4/h7-11,14-15H,5-6,12-13H2,1-4H3,(H,30,37)(H2,31,32,33,34). The number of amides is 2. The molecular weight excluding hydrogens is 495 g/mol. The summed E-state index contributed by atoms with van der Waals surface area (Å²) in [5, 5.41) is 8.83. The van der Waals surface area contributed by atoms with Gasteiger partial charge in [-0.25, -0.2) is 9.37 Å². The minimum Gasteiger partial charge on any atom is -0.352 e. The normalized spacial score (nSPS) is 14.5. The molecule has 0 fully saturated rings. The van der Waals surface area contributed by atoms with E-state index >= 15 is 0 Å². The summed E-state index contributed by atoms with van der Waals surface area (Å²) in [6.07, 6.45) is 2.65. The number of rotatable bonds is 7. The van der Waals surface area contributed by atoms with E-state index in [1.54, 1.807) is 11.8 Å². The summed E-state index contributed by atoms with van der Waals surface area (Å²) in [5.74, 6) is -0.601. The van der Waals surface area contributed by atoms with Crippen LogP contribution in [-0.2, 0) is 10.2 Å². The highest BCUT2D eigenvalue weighted by Gasteiger charge is 2.32. The van der Waals surface area contributed by atoms with Crippen LogP contribution < -0.4 is 20.9 Å². The van der Waals surface area contributed by atoms with Crippen LogP contribution in [0.15, 0.2) is 42.6 Å². The van der Waals surface area contributed by atoms with Gasteiger partial charge in [-0.3, -0.25) is 9.59 Å². The summed E-state index contributed by atoms with van der Waals surface area (Å²) in [6.45, 7) is 8.98. The van der Waals surface area contributed by atoms with Gasteiger partial charge < -0.3 is 20.9 Å². The van der Waals surface area contributed by atoms with Gasteiger partial charge in [-0.2, -0.15) is 4.98 Å². The summed E-state index contributed by atoms with van der Waals surface area (Å²) in [7, 11) is 0. The molecule has 1 aliphatic rings. The van der Waals surface area contributed by atoms with Crippen molar-refractivity contribution < 1.29 is 14.0 Å². The van der Waals surface area contributed by atoms with Gasteiger partial charge in [0.1, 0.15) is 10.8 Å². The fourth-order valence-corrected chi connectivity index (χ4v) is 4.57. The third-order valence-electron chi connectivity index (χ3n) is 6.44. The molecule has 1 aliphatic heterocycles. The number of fused-ring (bicyclic) bond motifs is 1. The molecule has 0 bridgehead atoms. The Bertz CT molecular complexity index is 1350. The van der Waals surface area contributed by atoms with Crippen LogP contribution in [0.2, 0.25) is 5.02 Å². The molecule has 10 heteroatoms. The molecule has 2 heterocycles. The molecule has 2 amide bonds.